The lowest BCUT2D eigenvalue weighted by atomic mass is 10.0. The van der Waals surface area contributed by atoms with Gasteiger partial charge < -0.3 is 15.2 Å². The summed E-state index contributed by atoms with van der Waals surface area (Å²) in [5.41, 5.74) is 0. The first-order valence-corrected chi connectivity index (χ1v) is 5.15. The summed E-state index contributed by atoms with van der Waals surface area (Å²) in [4.78, 5) is 0. The Morgan fingerprint density at radius 3 is 2.69 bits per heavy atom. The molecule has 0 aromatic heterocycles. The zero-order chi connectivity index (χ0) is 9.94. The van der Waals surface area contributed by atoms with Crippen molar-refractivity contribution < 1.29 is 9.84 Å². The number of rotatable bonds is 9. The van der Waals surface area contributed by atoms with Crippen LogP contribution in [0.25, 0.3) is 0 Å². The van der Waals surface area contributed by atoms with Gasteiger partial charge in [-0.1, -0.05) is 13.3 Å². The van der Waals surface area contributed by atoms with Crippen LogP contribution in [-0.4, -0.2) is 38.5 Å². The molecule has 0 saturated carbocycles. The normalized spacial score (nSPS) is 13.2. The lowest BCUT2D eigenvalue weighted by Crippen LogP contribution is -2.26. The second kappa shape index (κ2) is 9.96. The first-order valence-electron chi connectivity index (χ1n) is 5.15. The number of hydrogen-bond acceptors (Lipinski definition) is 3. The summed E-state index contributed by atoms with van der Waals surface area (Å²) in [7, 11) is 1.71. The molecule has 0 aliphatic carbocycles. The maximum atomic E-state index is 8.81. The zero-order valence-corrected chi connectivity index (χ0v) is 8.88. The van der Waals surface area contributed by atoms with E-state index in [4.69, 9.17) is 9.84 Å². The van der Waals surface area contributed by atoms with Crippen LogP contribution in [-0.2, 0) is 4.74 Å². The third kappa shape index (κ3) is 8.22. The Hall–Kier alpha value is -0.120. The number of ether oxygens (including phenoxy) is 1. The largest absolute Gasteiger partial charge is 0.396 e. The Balaban J connectivity index is 3.33. The van der Waals surface area contributed by atoms with E-state index in [1.165, 1.54) is 12.8 Å². The predicted molar refractivity (Wildman–Crippen MR) is 54.8 cm³/mol. The van der Waals surface area contributed by atoms with E-state index < -0.39 is 0 Å². The topological polar surface area (TPSA) is 41.5 Å². The van der Waals surface area contributed by atoms with Crippen LogP contribution in [0.15, 0.2) is 0 Å². The fraction of sp³-hybridized carbons (Fsp3) is 1.00. The van der Waals surface area contributed by atoms with Crippen LogP contribution in [0.5, 0.6) is 0 Å². The van der Waals surface area contributed by atoms with Crippen LogP contribution in [0.1, 0.15) is 26.2 Å². The molecule has 3 heteroatoms. The average Bonchev–Trinajstić information content (AvgIpc) is 2.13. The molecule has 80 valence electrons. The van der Waals surface area contributed by atoms with E-state index in [0.717, 1.165) is 26.1 Å². The highest BCUT2D eigenvalue weighted by Gasteiger charge is 2.05. The van der Waals surface area contributed by atoms with Crippen LogP contribution < -0.4 is 5.32 Å². The monoisotopic (exact) mass is 189 g/mol. The van der Waals surface area contributed by atoms with Crippen molar-refractivity contribution in [2.45, 2.75) is 26.2 Å². The number of nitrogens with one attached hydrogen (secondary N) is 1. The van der Waals surface area contributed by atoms with Gasteiger partial charge in [-0.15, -0.1) is 0 Å². The second-order valence-corrected chi connectivity index (χ2v) is 3.36. The summed E-state index contributed by atoms with van der Waals surface area (Å²) in [6.07, 6.45) is 3.30. The van der Waals surface area contributed by atoms with Crippen LogP contribution in [0, 0.1) is 5.92 Å². The van der Waals surface area contributed by atoms with E-state index in [1.54, 1.807) is 7.11 Å². The van der Waals surface area contributed by atoms with Crippen molar-refractivity contribution >= 4 is 0 Å². The molecule has 0 radical (unpaired) electrons. The van der Waals surface area contributed by atoms with Gasteiger partial charge in [0.15, 0.2) is 0 Å². The molecule has 3 nitrogen and oxygen atoms in total. The van der Waals surface area contributed by atoms with Crippen molar-refractivity contribution in [1.82, 2.24) is 5.32 Å². The fourth-order valence-electron chi connectivity index (χ4n) is 1.42. The molecule has 2 N–H and O–H groups in total. The molecular formula is C10H23NO2. The molecule has 0 aromatic carbocycles. The van der Waals surface area contributed by atoms with Crippen molar-refractivity contribution in [3.05, 3.63) is 0 Å². The number of aliphatic hydroxyl groups is 1. The standard InChI is InChI=1S/C10H23NO2/c1-3-4-10(5-7-12)9-11-6-8-13-2/h10-12H,3-9H2,1-2H3. The van der Waals surface area contributed by atoms with Gasteiger partial charge in [-0.05, 0) is 25.3 Å². The summed E-state index contributed by atoms with van der Waals surface area (Å²) in [6.45, 7) is 5.15. The molecule has 13 heavy (non-hydrogen) atoms. The molecule has 0 spiro atoms. The maximum absolute atomic E-state index is 8.81. The van der Waals surface area contributed by atoms with Gasteiger partial charge >= 0.3 is 0 Å². The van der Waals surface area contributed by atoms with Gasteiger partial charge in [-0.25, -0.2) is 0 Å². The minimum absolute atomic E-state index is 0.302. The minimum atomic E-state index is 0.302. The number of methoxy groups -OCH3 is 1. The average molecular weight is 189 g/mol. The molecule has 0 aliphatic heterocycles. The lowest BCUT2D eigenvalue weighted by molar-refractivity contribution is 0.194. The van der Waals surface area contributed by atoms with Gasteiger partial charge in [0.2, 0.25) is 0 Å². The molecule has 1 unspecified atom stereocenters. The summed E-state index contributed by atoms with van der Waals surface area (Å²) < 4.78 is 4.93. The SMILES string of the molecule is CCCC(CCO)CNCCOC. The second-order valence-electron chi connectivity index (χ2n) is 3.36. The van der Waals surface area contributed by atoms with Crippen LogP contribution >= 0.6 is 0 Å². The smallest absolute Gasteiger partial charge is 0.0587 e. The van der Waals surface area contributed by atoms with E-state index in [0.29, 0.717) is 12.5 Å². The van der Waals surface area contributed by atoms with Gasteiger partial charge in [0.05, 0.1) is 6.61 Å². The zero-order valence-electron chi connectivity index (χ0n) is 8.88. The highest BCUT2D eigenvalue weighted by atomic mass is 16.5. The Morgan fingerprint density at radius 1 is 1.38 bits per heavy atom. The van der Waals surface area contributed by atoms with Crippen LogP contribution in [0.2, 0.25) is 0 Å². The molecule has 0 heterocycles. The molecule has 1 atom stereocenters. The number of aliphatic hydroxyl groups excluding tert-OH is 1. The first kappa shape index (κ1) is 12.9. The Kier molecular flexibility index (Phi) is 9.87. The van der Waals surface area contributed by atoms with E-state index >= 15 is 0 Å². The van der Waals surface area contributed by atoms with Crippen molar-refractivity contribution in [2.75, 3.05) is 33.4 Å². The summed E-state index contributed by atoms with van der Waals surface area (Å²) in [5.74, 6) is 0.617. The predicted octanol–water partition coefficient (Wildman–Crippen LogP) is 1.02. The van der Waals surface area contributed by atoms with Gasteiger partial charge in [-0.2, -0.15) is 0 Å². The minimum Gasteiger partial charge on any atom is -0.396 e. The Morgan fingerprint density at radius 2 is 2.15 bits per heavy atom. The Bertz CT molecular complexity index is 92.9. The quantitative estimate of drug-likeness (QED) is 0.532. The van der Waals surface area contributed by atoms with E-state index in [9.17, 15) is 0 Å². The van der Waals surface area contributed by atoms with Crippen LogP contribution in [0.4, 0.5) is 0 Å². The van der Waals surface area contributed by atoms with Crippen molar-refractivity contribution in [3.63, 3.8) is 0 Å². The Labute approximate surface area is 81.5 Å². The lowest BCUT2D eigenvalue weighted by Gasteiger charge is -2.15. The molecule has 0 saturated heterocycles. The number of hydrogen-bond donors (Lipinski definition) is 2. The highest BCUT2D eigenvalue weighted by molar-refractivity contribution is 4.61. The van der Waals surface area contributed by atoms with Crippen molar-refractivity contribution in [1.29, 1.82) is 0 Å². The van der Waals surface area contributed by atoms with Crippen LogP contribution in [0.3, 0.4) is 0 Å². The van der Waals surface area contributed by atoms with Gasteiger partial charge in [0, 0.05) is 20.3 Å². The molecule has 0 bridgehead atoms. The molecule has 0 fully saturated rings. The van der Waals surface area contributed by atoms with Gasteiger partial charge in [0.25, 0.3) is 0 Å². The van der Waals surface area contributed by atoms with Gasteiger partial charge in [-0.3, -0.25) is 0 Å². The van der Waals surface area contributed by atoms with E-state index in [1.807, 2.05) is 0 Å². The summed E-state index contributed by atoms with van der Waals surface area (Å²) in [6, 6.07) is 0. The molecule has 0 aromatic rings. The summed E-state index contributed by atoms with van der Waals surface area (Å²) in [5, 5.41) is 12.1. The maximum Gasteiger partial charge on any atom is 0.0587 e. The van der Waals surface area contributed by atoms with E-state index in [-0.39, 0.29) is 0 Å². The molecule has 0 rings (SSSR count). The van der Waals surface area contributed by atoms with E-state index in [2.05, 4.69) is 12.2 Å². The fourth-order valence-corrected chi connectivity index (χ4v) is 1.42. The van der Waals surface area contributed by atoms with Gasteiger partial charge in [0.1, 0.15) is 0 Å². The molecular weight excluding hydrogens is 166 g/mol. The third-order valence-corrected chi connectivity index (χ3v) is 2.15. The highest BCUT2D eigenvalue weighted by Crippen LogP contribution is 2.08. The van der Waals surface area contributed by atoms with Crippen molar-refractivity contribution in [3.8, 4) is 0 Å². The summed E-state index contributed by atoms with van der Waals surface area (Å²) >= 11 is 0. The molecule has 0 amide bonds. The molecule has 0 aliphatic rings. The van der Waals surface area contributed by atoms with Crippen molar-refractivity contribution in [2.24, 2.45) is 5.92 Å². The first-order chi connectivity index (χ1) is 6.35. The third-order valence-electron chi connectivity index (χ3n) is 2.15.